The fourth-order valence-electron chi connectivity index (χ4n) is 3.16. The molecule has 0 saturated carbocycles. The molecule has 2 heterocycles. The van der Waals surface area contributed by atoms with E-state index in [-0.39, 0.29) is 11.5 Å². The molecule has 2 aromatic rings. The van der Waals surface area contributed by atoms with Gasteiger partial charge in [-0.15, -0.1) is 0 Å². The summed E-state index contributed by atoms with van der Waals surface area (Å²) in [6.07, 6.45) is 6.30. The second-order valence-corrected chi connectivity index (χ2v) is 6.48. The van der Waals surface area contributed by atoms with Crippen LogP contribution < -0.4 is 5.73 Å². The lowest BCUT2D eigenvalue weighted by atomic mass is 9.74. The summed E-state index contributed by atoms with van der Waals surface area (Å²) in [5.74, 6) is 0. The molecule has 2 N–H and O–H groups in total. The molecule has 0 radical (unpaired) electrons. The largest absolute Gasteiger partial charge is 0.345 e. The molecule has 0 amide bonds. The lowest BCUT2D eigenvalue weighted by Gasteiger charge is -2.34. The third kappa shape index (κ3) is 2.32. The Bertz CT molecular complexity index is 591. The molecule has 4 heteroatoms. The number of aryl methyl sites for hydroxylation is 1. The SMILES string of the molecule is Cn1ccc(Cn2ccc3c2CC(C)(C)CC3N)n1. The molecule has 4 nitrogen and oxygen atoms in total. The number of nitrogens with zero attached hydrogens (tertiary/aromatic N) is 3. The van der Waals surface area contributed by atoms with Crippen molar-refractivity contribution in [2.45, 2.75) is 39.3 Å². The van der Waals surface area contributed by atoms with Crippen molar-refractivity contribution in [1.82, 2.24) is 14.3 Å². The lowest BCUT2D eigenvalue weighted by Crippen LogP contribution is -2.30. The highest BCUT2D eigenvalue weighted by molar-refractivity contribution is 5.30. The van der Waals surface area contributed by atoms with Crippen LogP contribution in [0.2, 0.25) is 0 Å². The van der Waals surface area contributed by atoms with Crippen LogP contribution in [0.3, 0.4) is 0 Å². The molecule has 1 atom stereocenters. The molecule has 1 aliphatic rings. The smallest absolute Gasteiger partial charge is 0.0821 e. The number of fused-ring (bicyclic) bond motifs is 1. The Morgan fingerprint density at radius 3 is 2.84 bits per heavy atom. The molecular formula is C15H22N4. The van der Waals surface area contributed by atoms with E-state index >= 15 is 0 Å². The summed E-state index contributed by atoms with van der Waals surface area (Å²) in [6.45, 7) is 5.43. The van der Waals surface area contributed by atoms with E-state index in [1.54, 1.807) is 0 Å². The van der Waals surface area contributed by atoms with Crippen molar-refractivity contribution in [3.05, 3.63) is 41.5 Å². The summed E-state index contributed by atoms with van der Waals surface area (Å²) in [5.41, 5.74) is 10.4. The molecule has 0 aliphatic heterocycles. The van der Waals surface area contributed by atoms with Gasteiger partial charge in [-0.2, -0.15) is 5.10 Å². The summed E-state index contributed by atoms with van der Waals surface area (Å²) in [7, 11) is 1.95. The zero-order chi connectivity index (χ0) is 13.6. The van der Waals surface area contributed by atoms with Crippen molar-refractivity contribution in [3.63, 3.8) is 0 Å². The van der Waals surface area contributed by atoms with Gasteiger partial charge in [-0.25, -0.2) is 0 Å². The van der Waals surface area contributed by atoms with Crippen LogP contribution in [0.4, 0.5) is 0 Å². The van der Waals surface area contributed by atoms with E-state index in [1.165, 1.54) is 11.3 Å². The monoisotopic (exact) mass is 258 g/mol. The van der Waals surface area contributed by atoms with E-state index < -0.39 is 0 Å². The fourth-order valence-corrected chi connectivity index (χ4v) is 3.16. The number of rotatable bonds is 2. The van der Waals surface area contributed by atoms with Crippen molar-refractivity contribution in [3.8, 4) is 0 Å². The van der Waals surface area contributed by atoms with Gasteiger partial charge in [0.25, 0.3) is 0 Å². The van der Waals surface area contributed by atoms with Crippen LogP contribution in [0.5, 0.6) is 0 Å². The van der Waals surface area contributed by atoms with Crippen LogP contribution in [0.15, 0.2) is 24.5 Å². The van der Waals surface area contributed by atoms with E-state index in [9.17, 15) is 0 Å². The van der Waals surface area contributed by atoms with Gasteiger partial charge in [0.2, 0.25) is 0 Å². The standard InChI is InChI=1S/C15H22N4/c1-15(2)8-13(16)12-5-7-19(14(12)9-15)10-11-4-6-18(3)17-11/h4-7,13H,8-10,16H2,1-3H3. The summed E-state index contributed by atoms with van der Waals surface area (Å²) in [4.78, 5) is 0. The van der Waals surface area contributed by atoms with Gasteiger partial charge < -0.3 is 10.3 Å². The van der Waals surface area contributed by atoms with Crippen molar-refractivity contribution in [2.24, 2.45) is 18.2 Å². The highest BCUT2D eigenvalue weighted by Gasteiger charge is 2.32. The van der Waals surface area contributed by atoms with Crippen molar-refractivity contribution < 1.29 is 0 Å². The Hall–Kier alpha value is -1.55. The number of aromatic nitrogens is 3. The highest BCUT2D eigenvalue weighted by Crippen LogP contribution is 2.40. The summed E-state index contributed by atoms with van der Waals surface area (Å²) in [6, 6.07) is 4.42. The maximum Gasteiger partial charge on any atom is 0.0821 e. The van der Waals surface area contributed by atoms with Crippen LogP contribution in [-0.2, 0) is 20.0 Å². The van der Waals surface area contributed by atoms with Crippen LogP contribution in [-0.4, -0.2) is 14.3 Å². The molecule has 0 spiro atoms. The molecular weight excluding hydrogens is 236 g/mol. The first-order valence-corrected chi connectivity index (χ1v) is 6.87. The van der Waals surface area contributed by atoms with Gasteiger partial charge in [-0.1, -0.05) is 13.8 Å². The first-order valence-electron chi connectivity index (χ1n) is 6.87. The van der Waals surface area contributed by atoms with E-state index in [0.717, 1.165) is 25.1 Å². The quantitative estimate of drug-likeness (QED) is 0.898. The van der Waals surface area contributed by atoms with Crippen molar-refractivity contribution in [1.29, 1.82) is 0 Å². The first-order chi connectivity index (χ1) is 8.94. The van der Waals surface area contributed by atoms with Crippen LogP contribution in [0.1, 0.15) is 43.3 Å². The molecule has 3 rings (SSSR count). The molecule has 0 fully saturated rings. The Morgan fingerprint density at radius 2 is 2.16 bits per heavy atom. The molecule has 0 bridgehead atoms. The Kier molecular flexibility index (Phi) is 2.78. The minimum Gasteiger partial charge on any atom is -0.345 e. The molecule has 0 saturated heterocycles. The van der Waals surface area contributed by atoms with Crippen molar-refractivity contribution in [2.75, 3.05) is 0 Å². The maximum absolute atomic E-state index is 6.30. The number of nitrogens with two attached hydrogens (primary N) is 1. The summed E-state index contributed by atoms with van der Waals surface area (Å²) < 4.78 is 4.15. The van der Waals surface area contributed by atoms with Gasteiger partial charge >= 0.3 is 0 Å². The van der Waals surface area contributed by atoms with E-state index in [1.807, 2.05) is 17.9 Å². The average molecular weight is 258 g/mol. The van der Waals surface area contributed by atoms with E-state index in [2.05, 4.69) is 41.8 Å². The van der Waals surface area contributed by atoms with E-state index in [0.29, 0.717) is 0 Å². The van der Waals surface area contributed by atoms with Gasteiger partial charge in [0.05, 0.1) is 12.2 Å². The predicted octanol–water partition coefficient (Wildman–Crippen LogP) is 2.24. The van der Waals surface area contributed by atoms with Gasteiger partial charge in [-0.3, -0.25) is 4.68 Å². The molecule has 1 unspecified atom stereocenters. The maximum atomic E-state index is 6.30. The zero-order valence-corrected chi connectivity index (χ0v) is 11.9. The lowest BCUT2D eigenvalue weighted by molar-refractivity contribution is 0.276. The molecule has 19 heavy (non-hydrogen) atoms. The minimum atomic E-state index is 0.170. The zero-order valence-electron chi connectivity index (χ0n) is 11.9. The second-order valence-electron chi connectivity index (χ2n) is 6.48. The molecule has 2 aromatic heterocycles. The topological polar surface area (TPSA) is 48.8 Å². The van der Waals surface area contributed by atoms with Crippen LogP contribution >= 0.6 is 0 Å². The number of hydrogen-bond donors (Lipinski definition) is 1. The van der Waals surface area contributed by atoms with E-state index in [4.69, 9.17) is 5.73 Å². The summed E-state index contributed by atoms with van der Waals surface area (Å²) in [5, 5.41) is 4.45. The predicted molar refractivity (Wildman–Crippen MR) is 75.8 cm³/mol. The Balaban J connectivity index is 1.92. The normalized spacial score (nSPS) is 21.4. The molecule has 0 aromatic carbocycles. The van der Waals surface area contributed by atoms with Crippen LogP contribution in [0, 0.1) is 5.41 Å². The average Bonchev–Trinajstić information content (AvgIpc) is 2.86. The van der Waals surface area contributed by atoms with Crippen molar-refractivity contribution >= 4 is 0 Å². The minimum absolute atomic E-state index is 0.170. The van der Waals surface area contributed by atoms with Gasteiger partial charge in [0, 0.05) is 31.2 Å². The fraction of sp³-hybridized carbons (Fsp3) is 0.533. The first kappa shape index (κ1) is 12.5. The Labute approximate surface area is 114 Å². The Morgan fingerprint density at radius 1 is 1.37 bits per heavy atom. The third-order valence-electron chi connectivity index (χ3n) is 4.03. The second kappa shape index (κ2) is 4.23. The van der Waals surface area contributed by atoms with Gasteiger partial charge in [-0.05, 0) is 36.0 Å². The number of hydrogen-bond acceptors (Lipinski definition) is 2. The van der Waals surface area contributed by atoms with Gasteiger partial charge in [0.1, 0.15) is 0 Å². The van der Waals surface area contributed by atoms with Crippen LogP contribution in [0.25, 0.3) is 0 Å². The third-order valence-corrected chi connectivity index (χ3v) is 4.03. The molecule has 1 aliphatic carbocycles. The highest BCUT2D eigenvalue weighted by atomic mass is 15.3. The summed E-state index contributed by atoms with van der Waals surface area (Å²) >= 11 is 0. The molecule has 102 valence electrons. The van der Waals surface area contributed by atoms with Gasteiger partial charge in [0.15, 0.2) is 0 Å².